The largest absolute Gasteiger partial charge is 0.390 e. The second kappa shape index (κ2) is 6.76. The summed E-state index contributed by atoms with van der Waals surface area (Å²) in [4.78, 5) is 10.9. The highest BCUT2D eigenvalue weighted by molar-refractivity contribution is 7.91. The number of amides is 1. The molecule has 0 aliphatic heterocycles. The van der Waals surface area contributed by atoms with Gasteiger partial charge in [0.1, 0.15) is 6.61 Å². The standard InChI is InChI=1S/C8H17NO5S/c1-3-15(12,13)6-7(10)4-9-8(11)5-14-2/h7,10H,3-6H2,1-2H3,(H,9,11). The number of aliphatic hydroxyl groups excluding tert-OH is 1. The van der Waals surface area contributed by atoms with Crippen LogP contribution < -0.4 is 5.32 Å². The zero-order valence-corrected chi connectivity index (χ0v) is 9.71. The molecule has 0 rings (SSSR count). The SMILES string of the molecule is CCS(=O)(=O)CC(O)CNC(=O)COC. The second-order valence-electron chi connectivity index (χ2n) is 3.09. The van der Waals surface area contributed by atoms with E-state index in [0.29, 0.717) is 0 Å². The molecule has 1 amide bonds. The second-order valence-corrected chi connectivity index (χ2v) is 5.49. The van der Waals surface area contributed by atoms with Crippen molar-refractivity contribution in [1.82, 2.24) is 5.32 Å². The minimum atomic E-state index is -3.21. The van der Waals surface area contributed by atoms with Crippen molar-refractivity contribution in [3.63, 3.8) is 0 Å². The number of hydrogen-bond acceptors (Lipinski definition) is 5. The maximum Gasteiger partial charge on any atom is 0.246 e. The first-order valence-corrected chi connectivity index (χ1v) is 6.37. The summed E-state index contributed by atoms with van der Waals surface area (Å²) < 4.78 is 26.7. The van der Waals surface area contributed by atoms with Crippen molar-refractivity contribution in [1.29, 1.82) is 0 Å². The molecule has 0 fully saturated rings. The molecule has 0 heterocycles. The number of nitrogens with one attached hydrogen (secondary N) is 1. The number of carbonyl (C=O) groups excluding carboxylic acids is 1. The van der Waals surface area contributed by atoms with Gasteiger partial charge in [0, 0.05) is 19.4 Å². The Kier molecular flexibility index (Phi) is 6.46. The molecule has 90 valence electrons. The first kappa shape index (κ1) is 14.3. The average molecular weight is 239 g/mol. The van der Waals surface area contributed by atoms with E-state index in [9.17, 15) is 18.3 Å². The first-order chi connectivity index (χ1) is 6.91. The molecule has 0 saturated carbocycles. The Labute approximate surface area is 89.5 Å². The minimum absolute atomic E-state index is 0.0178. The molecule has 0 bridgehead atoms. The van der Waals surface area contributed by atoms with E-state index in [1.807, 2.05) is 0 Å². The highest BCUT2D eigenvalue weighted by Gasteiger charge is 2.15. The minimum Gasteiger partial charge on any atom is -0.390 e. The molecule has 6 nitrogen and oxygen atoms in total. The summed E-state index contributed by atoms with van der Waals surface area (Å²) >= 11 is 0. The van der Waals surface area contributed by atoms with Crippen molar-refractivity contribution in [3.8, 4) is 0 Å². The quantitative estimate of drug-likeness (QED) is 0.566. The van der Waals surface area contributed by atoms with Crippen molar-refractivity contribution in [2.24, 2.45) is 0 Å². The Morgan fingerprint density at radius 3 is 2.60 bits per heavy atom. The van der Waals surface area contributed by atoms with Gasteiger partial charge in [-0.15, -0.1) is 0 Å². The molecular weight excluding hydrogens is 222 g/mol. The lowest BCUT2D eigenvalue weighted by Gasteiger charge is -2.11. The molecule has 1 atom stereocenters. The van der Waals surface area contributed by atoms with E-state index < -0.39 is 15.9 Å². The molecule has 0 radical (unpaired) electrons. The van der Waals surface area contributed by atoms with Crippen molar-refractivity contribution in [3.05, 3.63) is 0 Å². The van der Waals surface area contributed by atoms with Crippen molar-refractivity contribution >= 4 is 15.7 Å². The number of methoxy groups -OCH3 is 1. The first-order valence-electron chi connectivity index (χ1n) is 4.55. The molecule has 2 N–H and O–H groups in total. The van der Waals surface area contributed by atoms with Crippen molar-refractivity contribution < 1.29 is 23.1 Å². The lowest BCUT2D eigenvalue weighted by Crippen LogP contribution is -2.37. The molecule has 0 aromatic heterocycles. The van der Waals surface area contributed by atoms with Gasteiger partial charge >= 0.3 is 0 Å². The van der Waals surface area contributed by atoms with E-state index >= 15 is 0 Å². The van der Waals surface area contributed by atoms with Crippen molar-refractivity contribution in [2.45, 2.75) is 13.0 Å². The van der Waals surface area contributed by atoms with E-state index in [1.165, 1.54) is 14.0 Å². The van der Waals surface area contributed by atoms with Crippen LogP contribution in [-0.2, 0) is 19.4 Å². The van der Waals surface area contributed by atoms with Crippen LogP contribution in [0.4, 0.5) is 0 Å². The predicted molar refractivity (Wildman–Crippen MR) is 55.2 cm³/mol. The highest BCUT2D eigenvalue weighted by atomic mass is 32.2. The molecule has 0 aromatic carbocycles. The summed E-state index contributed by atoms with van der Waals surface area (Å²) in [7, 11) is -1.84. The number of ether oxygens (including phenoxy) is 1. The van der Waals surface area contributed by atoms with Crippen LogP contribution in [0.25, 0.3) is 0 Å². The predicted octanol–water partition coefficient (Wildman–Crippen LogP) is -1.46. The van der Waals surface area contributed by atoms with E-state index in [2.05, 4.69) is 10.1 Å². The lowest BCUT2D eigenvalue weighted by molar-refractivity contribution is -0.125. The fraction of sp³-hybridized carbons (Fsp3) is 0.875. The molecule has 0 aromatic rings. The average Bonchev–Trinajstić information content (AvgIpc) is 2.15. The molecule has 15 heavy (non-hydrogen) atoms. The molecular formula is C8H17NO5S. The third-order valence-electron chi connectivity index (χ3n) is 1.70. The third kappa shape index (κ3) is 7.29. The van der Waals surface area contributed by atoms with Gasteiger partial charge in [-0.25, -0.2) is 8.42 Å². The van der Waals surface area contributed by atoms with E-state index in [0.717, 1.165) is 0 Å². The number of carbonyl (C=O) groups is 1. The van der Waals surface area contributed by atoms with Gasteiger partial charge in [0.2, 0.25) is 5.91 Å². The van der Waals surface area contributed by atoms with Gasteiger partial charge in [0.15, 0.2) is 9.84 Å². The molecule has 0 spiro atoms. The number of hydrogen-bond donors (Lipinski definition) is 2. The van der Waals surface area contributed by atoms with Gasteiger partial charge in [0.25, 0.3) is 0 Å². The van der Waals surface area contributed by atoms with Crippen LogP contribution >= 0.6 is 0 Å². The summed E-state index contributed by atoms with van der Waals surface area (Å²) in [6.07, 6.45) is -1.07. The van der Waals surface area contributed by atoms with Crippen molar-refractivity contribution in [2.75, 3.05) is 31.8 Å². The maximum absolute atomic E-state index is 11.1. The summed E-state index contributed by atoms with van der Waals surface area (Å²) in [6, 6.07) is 0. The summed E-state index contributed by atoms with van der Waals surface area (Å²) in [6.45, 7) is 1.32. The zero-order valence-electron chi connectivity index (χ0n) is 8.89. The Morgan fingerprint density at radius 2 is 2.13 bits per heavy atom. The van der Waals surface area contributed by atoms with E-state index in [1.54, 1.807) is 0 Å². The van der Waals surface area contributed by atoms with E-state index in [4.69, 9.17) is 0 Å². The topological polar surface area (TPSA) is 92.7 Å². The molecule has 1 unspecified atom stereocenters. The number of rotatable bonds is 7. The molecule has 0 aliphatic carbocycles. The highest BCUT2D eigenvalue weighted by Crippen LogP contribution is 1.93. The van der Waals surface area contributed by atoms with Gasteiger partial charge in [-0.05, 0) is 0 Å². The van der Waals surface area contributed by atoms with Crippen LogP contribution in [-0.4, -0.2) is 57.3 Å². The smallest absolute Gasteiger partial charge is 0.246 e. The van der Waals surface area contributed by atoms with Crippen LogP contribution in [0.15, 0.2) is 0 Å². The van der Waals surface area contributed by atoms with Gasteiger partial charge in [0.05, 0.1) is 11.9 Å². The molecule has 0 saturated heterocycles. The Hall–Kier alpha value is -0.660. The number of aliphatic hydroxyl groups is 1. The summed E-state index contributed by atoms with van der Waals surface area (Å²) in [5, 5.41) is 11.6. The fourth-order valence-corrected chi connectivity index (χ4v) is 1.82. The van der Waals surface area contributed by atoms with Gasteiger partial charge in [-0.1, -0.05) is 6.92 Å². The Bertz CT molecular complexity index is 287. The fourth-order valence-electron chi connectivity index (χ4n) is 0.884. The maximum atomic E-state index is 11.1. The number of sulfone groups is 1. The van der Waals surface area contributed by atoms with Crippen LogP contribution in [0.1, 0.15) is 6.92 Å². The Morgan fingerprint density at radius 1 is 1.53 bits per heavy atom. The summed E-state index contributed by atoms with van der Waals surface area (Å²) in [5.74, 6) is -0.738. The monoisotopic (exact) mass is 239 g/mol. The van der Waals surface area contributed by atoms with Gasteiger partial charge in [-0.2, -0.15) is 0 Å². The zero-order chi connectivity index (χ0) is 11.9. The van der Waals surface area contributed by atoms with Gasteiger partial charge in [-0.3, -0.25) is 4.79 Å². The lowest BCUT2D eigenvalue weighted by atomic mass is 10.4. The third-order valence-corrected chi connectivity index (χ3v) is 3.47. The van der Waals surface area contributed by atoms with Crippen LogP contribution in [0, 0.1) is 0 Å². The molecule has 0 aliphatic rings. The normalized spacial score (nSPS) is 13.5. The molecule has 7 heteroatoms. The van der Waals surface area contributed by atoms with Crippen LogP contribution in [0.3, 0.4) is 0 Å². The van der Waals surface area contributed by atoms with Crippen LogP contribution in [0.5, 0.6) is 0 Å². The summed E-state index contributed by atoms with van der Waals surface area (Å²) in [5.41, 5.74) is 0. The Balaban J connectivity index is 3.85. The van der Waals surface area contributed by atoms with Gasteiger partial charge < -0.3 is 15.2 Å². The van der Waals surface area contributed by atoms with Crippen LogP contribution in [0.2, 0.25) is 0 Å². The van der Waals surface area contributed by atoms with E-state index in [-0.39, 0.29) is 30.6 Å².